The van der Waals surface area contributed by atoms with Crippen LogP contribution in [0.25, 0.3) is 67.3 Å². The van der Waals surface area contributed by atoms with Crippen LogP contribution in [-0.2, 0) is 0 Å². The lowest BCUT2D eigenvalue weighted by Gasteiger charge is -2.28. The van der Waals surface area contributed by atoms with Gasteiger partial charge in [-0.25, -0.2) is 39.1 Å². The van der Waals surface area contributed by atoms with Crippen molar-refractivity contribution in [3.8, 4) is 92.3 Å². The first kappa shape index (κ1) is 77.6. The van der Waals surface area contributed by atoms with Gasteiger partial charge in [0.15, 0.2) is 0 Å². The molecule has 8 heterocycles. The van der Waals surface area contributed by atoms with Crippen LogP contribution in [0, 0.1) is 45.3 Å². The molecule has 8 aromatic carbocycles. The van der Waals surface area contributed by atoms with E-state index in [1.165, 1.54) is 45.3 Å². The van der Waals surface area contributed by atoms with Crippen molar-refractivity contribution in [1.82, 2.24) is 62.5 Å². The Hall–Kier alpha value is -14.5. The van der Waals surface area contributed by atoms with Crippen molar-refractivity contribution in [2.75, 3.05) is 14.2 Å². The number of nitriles is 4. The molecule has 0 saturated heterocycles. The number of aromatic nitrogens is 4. The largest absolute Gasteiger partial charge is 0.508 e. The smallest absolute Gasteiger partial charge is 0.319 e. The molecular formula is C86H68N16O8S4. The minimum Gasteiger partial charge on any atom is -0.508 e. The van der Waals surface area contributed by atoms with Gasteiger partial charge in [-0.05, 0) is 147 Å². The van der Waals surface area contributed by atoms with Crippen LogP contribution in [0.5, 0.6) is 23.0 Å². The fourth-order valence-electron chi connectivity index (χ4n) is 12.9. The summed E-state index contributed by atoms with van der Waals surface area (Å²) in [5.74, 6) is 1.79. The lowest BCUT2D eigenvalue weighted by atomic mass is 9.96. The Morgan fingerprint density at radius 2 is 0.658 bits per heavy atom. The Balaban J connectivity index is 0.000000133. The second-order valence-electron chi connectivity index (χ2n) is 25.9. The summed E-state index contributed by atoms with van der Waals surface area (Å²) < 4.78 is 10.6. The summed E-state index contributed by atoms with van der Waals surface area (Å²) in [6, 6.07) is 64.1. The van der Waals surface area contributed by atoms with Crippen molar-refractivity contribution in [1.29, 1.82) is 21.0 Å². The summed E-state index contributed by atoms with van der Waals surface area (Å²) >= 11 is 5.98. The van der Waals surface area contributed by atoms with Crippen molar-refractivity contribution >= 4 is 91.8 Å². The molecule has 10 N–H and O–H groups in total. The van der Waals surface area contributed by atoms with Crippen molar-refractivity contribution in [3.05, 3.63) is 303 Å². The lowest BCUT2D eigenvalue weighted by molar-refractivity contribution is 0.239. The topological polar surface area (TPSA) is 370 Å². The molecule has 114 heavy (non-hydrogen) atoms. The number of phenols is 2. The fraction of sp³-hybridized carbons (Fsp3) is 0.116. The van der Waals surface area contributed by atoms with Crippen LogP contribution in [0.2, 0.25) is 0 Å². The first-order valence-corrected chi connectivity index (χ1v) is 38.6. The van der Waals surface area contributed by atoms with Crippen LogP contribution in [-0.4, -0.2) is 68.5 Å². The van der Waals surface area contributed by atoms with Gasteiger partial charge in [0.2, 0.25) is 0 Å². The Morgan fingerprint density at radius 1 is 0.333 bits per heavy atom. The highest BCUT2D eigenvalue weighted by Gasteiger charge is 2.34. The Kier molecular flexibility index (Phi) is 23.8. The number of urea groups is 4. The third-order valence-corrected chi connectivity index (χ3v) is 22.0. The maximum Gasteiger partial charge on any atom is 0.319 e. The van der Waals surface area contributed by atoms with Crippen molar-refractivity contribution in [3.63, 3.8) is 0 Å². The van der Waals surface area contributed by atoms with Crippen molar-refractivity contribution in [2.24, 2.45) is 0 Å². The highest BCUT2D eigenvalue weighted by Crippen LogP contribution is 2.43. The van der Waals surface area contributed by atoms with Crippen LogP contribution in [0.1, 0.15) is 116 Å². The van der Waals surface area contributed by atoms with E-state index in [0.29, 0.717) is 28.0 Å². The quantitative estimate of drug-likeness (QED) is 0.0483. The van der Waals surface area contributed by atoms with Crippen molar-refractivity contribution < 1.29 is 38.9 Å². The van der Waals surface area contributed by atoms with Crippen molar-refractivity contribution in [2.45, 2.75) is 51.9 Å². The third kappa shape index (κ3) is 17.8. The van der Waals surface area contributed by atoms with E-state index in [1.807, 2.05) is 152 Å². The highest BCUT2D eigenvalue weighted by atomic mass is 32.1. The van der Waals surface area contributed by atoms with E-state index in [-0.39, 0.29) is 53.7 Å². The molecule has 4 aliphatic heterocycles. The number of nitrogens with zero attached hydrogens (tertiary/aromatic N) is 8. The molecule has 16 rings (SSSR count). The van der Waals surface area contributed by atoms with Gasteiger partial charge >= 0.3 is 24.1 Å². The molecule has 28 heteroatoms. The lowest BCUT2D eigenvalue weighted by Crippen LogP contribution is -2.42. The molecule has 0 saturated carbocycles. The number of ether oxygens (including phenoxy) is 2. The van der Waals surface area contributed by atoms with Gasteiger partial charge in [0.1, 0.15) is 43.0 Å². The summed E-state index contributed by atoms with van der Waals surface area (Å²) in [5, 5.41) is 89.8. The van der Waals surface area contributed by atoms with Crippen LogP contribution >= 0.6 is 45.3 Å². The summed E-state index contributed by atoms with van der Waals surface area (Å²) in [5.41, 5.74) is 19.2. The van der Waals surface area contributed by atoms with E-state index >= 15 is 0 Å². The van der Waals surface area contributed by atoms with Gasteiger partial charge in [0.05, 0.1) is 108 Å². The maximum atomic E-state index is 12.1. The van der Waals surface area contributed by atoms with Gasteiger partial charge < -0.3 is 62.2 Å². The number of allylic oxidation sites excluding steroid dienone is 4. The molecule has 24 nitrogen and oxygen atoms in total. The molecule has 4 aliphatic rings. The Morgan fingerprint density at radius 3 is 1.01 bits per heavy atom. The zero-order chi connectivity index (χ0) is 80.1. The van der Waals surface area contributed by atoms with Crippen LogP contribution in [0.3, 0.4) is 0 Å². The fourth-order valence-corrected chi connectivity index (χ4v) is 16.8. The second kappa shape index (κ2) is 35.0. The second-order valence-corrected chi connectivity index (χ2v) is 29.4. The van der Waals surface area contributed by atoms with E-state index < -0.39 is 6.04 Å². The summed E-state index contributed by atoms with van der Waals surface area (Å²) in [7, 11) is 3.24. The zero-order valence-electron chi connectivity index (χ0n) is 61.6. The highest BCUT2D eigenvalue weighted by molar-refractivity contribution is 7.12. The molecule has 0 fully saturated rings. The van der Waals surface area contributed by atoms with Gasteiger partial charge in [-0.15, -0.1) is 45.3 Å². The summed E-state index contributed by atoms with van der Waals surface area (Å²) in [6.45, 7) is 7.44. The molecular weight excluding hydrogens is 1510 g/mol. The zero-order valence-corrected chi connectivity index (χ0v) is 64.9. The molecule has 4 aromatic heterocycles. The average molecular weight is 1580 g/mol. The average Bonchev–Trinajstić information content (AvgIpc) is 1.40. The van der Waals surface area contributed by atoms with E-state index in [1.54, 1.807) is 105 Å². The monoisotopic (exact) mass is 1580 g/mol. The number of hydrogen-bond acceptors (Lipinski definition) is 20. The SMILES string of the molecule is CC1=C(c2nc(-c3cccc(C#N)c3)cs2)C(c2ccc(O)cc2)NC(=O)N1.CC1=C(c2nc(-c3cccc(C#N)c3)cs2)C(c2cccc(O)c2)NC(=O)N1.COc1ccc(C2NC(=O)NC(C)=C2c2nc(-c3ccc(C#N)cc3)cs2)cc1.COc1cccc(C2NC(=O)NC(C)=C2c2nc(-c3ccc(C#N)cc3)cs2)c1. The minimum absolute atomic E-state index is 0.135. The molecule has 8 amide bonds. The number of phenolic OH excluding ortho intramolecular Hbond substituents is 2. The normalized spacial score (nSPS) is 16.2. The molecule has 4 atom stereocenters. The first-order valence-electron chi connectivity index (χ1n) is 35.1. The molecule has 564 valence electrons. The number of hydrogen-bond donors (Lipinski definition) is 10. The van der Waals surface area contributed by atoms with E-state index in [9.17, 15) is 29.4 Å². The van der Waals surface area contributed by atoms with Crippen LogP contribution in [0.4, 0.5) is 19.2 Å². The summed E-state index contributed by atoms with van der Waals surface area (Å²) in [4.78, 5) is 67.5. The predicted octanol–water partition coefficient (Wildman–Crippen LogP) is 17.3. The standard InChI is InChI=1S/2C22H18N4O2S.2C21H16N4O2S/c1-13-19(20(26-22(27)24-13)16-7-9-17(28-2)10-8-16)21-25-18(12-29-21)15-5-3-14(11-23)4-6-15;1-13-19(20(26-22(27)24-13)16-4-3-5-17(10-16)28-2)21-25-18(12-29-21)15-8-6-14(11-23)7-9-15;1-12-18(19(25-21(27)23-12)15-6-3-7-16(26)9-15)20-24-17(11-28-20)14-5-2-4-13(8-14)10-22;1-12-18(19(25-21(27)23-12)14-5-7-16(26)8-6-14)20-24-17(11-28-20)15-4-2-3-13(9-15)10-22/h2*3-10,12,20H,1-2H3,(H2,24,26,27);2*2-9,11,19,26H,1H3,(H2,23,25,27). The summed E-state index contributed by atoms with van der Waals surface area (Å²) in [6.07, 6.45) is 0. The molecule has 12 aromatic rings. The number of carbonyl (C=O) groups excluding carboxylic acids is 4. The van der Waals surface area contributed by atoms with E-state index in [0.717, 1.165) is 138 Å². The van der Waals surface area contributed by atoms with Gasteiger partial charge in [0.25, 0.3) is 0 Å². The van der Waals surface area contributed by atoms with E-state index in [4.69, 9.17) is 50.5 Å². The number of aromatic hydroxyl groups is 2. The van der Waals surface area contributed by atoms with Gasteiger partial charge in [-0.1, -0.05) is 97.1 Å². The minimum atomic E-state index is -0.426. The number of amides is 8. The van der Waals surface area contributed by atoms with Crippen LogP contribution < -0.4 is 52.0 Å². The van der Waals surface area contributed by atoms with Gasteiger partial charge in [-0.3, -0.25) is 0 Å². The molecule has 0 radical (unpaired) electrons. The number of nitrogens with one attached hydrogen (secondary N) is 8. The maximum absolute atomic E-state index is 12.1. The number of rotatable bonds is 14. The Labute approximate surface area is 671 Å². The van der Waals surface area contributed by atoms with Crippen LogP contribution in [0.15, 0.2) is 238 Å². The molecule has 0 aliphatic carbocycles. The number of methoxy groups -OCH3 is 2. The Bertz CT molecular complexity index is 5990. The predicted molar refractivity (Wildman–Crippen MR) is 439 cm³/mol. The molecule has 0 bridgehead atoms. The number of thiazole rings is 4. The number of carbonyl (C=O) groups is 4. The van der Waals surface area contributed by atoms with E-state index in [2.05, 4.69) is 66.8 Å². The third-order valence-electron chi connectivity index (χ3n) is 18.5. The van der Waals surface area contributed by atoms with Gasteiger partial charge in [0, 0.05) is 88.9 Å². The molecule has 4 unspecified atom stereocenters. The number of benzene rings is 8. The van der Waals surface area contributed by atoms with Gasteiger partial charge in [-0.2, -0.15) is 21.0 Å². The molecule has 0 spiro atoms. The first-order chi connectivity index (χ1) is 55.3.